The Morgan fingerprint density at radius 3 is 1.64 bits per heavy atom. The van der Waals surface area contributed by atoms with Crippen molar-refractivity contribution in [2.24, 2.45) is 0 Å². The predicted molar refractivity (Wildman–Crippen MR) is 224 cm³/mol. The molecule has 0 bridgehead atoms. The number of benzene rings is 7. The molecule has 0 spiro atoms. The summed E-state index contributed by atoms with van der Waals surface area (Å²) < 4.78 is 4.97. The first kappa shape index (κ1) is 29.3. The topological polar surface area (TPSA) is 9.86 Å². The molecule has 7 aromatic carbocycles. The van der Waals surface area contributed by atoms with Crippen molar-refractivity contribution >= 4 is 61.9 Å². The van der Waals surface area contributed by atoms with Crippen LogP contribution >= 0.6 is 0 Å². The predicted octanol–water partition coefficient (Wildman–Crippen LogP) is 9.68. The fraction of sp³-hybridized carbons (Fsp3) is 0.0800. The van der Waals surface area contributed by atoms with Crippen LogP contribution < -0.4 is 16.4 Å². The van der Waals surface area contributed by atoms with Gasteiger partial charge in [0.05, 0.1) is 16.6 Å². The maximum Gasteiger partial charge on any atom is 0.242 e. The van der Waals surface area contributed by atoms with Gasteiger partial charge in [-0.15, -0.1) is 0 Å². The molecule has 3 heteroatoms. The molecule has 2 aliphatic heterocycles. The van der Waals surface area contributed by atoms with E-state index in [4.69, 9.17) is 0 Å². The summed E-state index contributed by atoms with van der Waals surface area (Å²) in [5.74, 6) is 0. The van der Waals surface area contributed by atoms with Gasteiger partial charge in [-0.3, -0.25) is 0 Å². The van der Waals surface area contributed by atoms with Crippen LogP contribution in [0.3, 0.4) is 0 Å². The highest BCUT2D eigenvalue weighted by molar-refractivity contribution is 6.97. The number of rotatable bonds is 3. The zero-order chi connectivity index (χ0) is 34.6. The number of allylic oxidation sites excluding steroid dienone is 1. The molecule has 0 fully saturated rings. The largest absolute Gasteiger partial charge is 0.310 e. The van der Waals surface area contributed by atoms with Crippen molar-refractivity contribution in [3.63, 3.8) is 0 Å². The molecule has 248 valence electrons. The smallest absolute Gasteiger partial charge is 0.242 e. The van der Waals surface area contributed by atoms with Crippen LogP contribution in [0.15, 0.2) is 158 Å². The normalized spacial score (nSPS) is 14.0. The summed E-state index contributed by atoms with van der Waals surface area (Å²) in [4.78, 5) is 0. The number of hydrogen-bond acceptors (Lipinski definition) is 0. The number of aromatic nitrogens is 2. The Labute approximate surface area is 309 Å². The molecule has 0 N–H and O–H groups in total. The summed E-state index contributed by atoms with van der Waals surface area (Å²) in [6.45, 7) is 0.203. The Balaban J connectivity index is 1.07. The summed E-state index contributed by atoms with van der Waals surface area (Å²) >= 11 is 0. The van der Waals surface area contributed by atoms with E-state index in [1.807, 2.05) is 0 Å². The first-order valence-electron chi connectivity index (χ1n) is 19.0. The van der Waals surface area contributed by atoms with Gasteiger partial charge in [0.1, 0.15) is 0 Å². The molecular formula is C50H35BN2. The van der Waals surface area contributed by atoms with E-state index < -0.39 is 0 Å². The second-order valence-electron chi connectivity index (χ2n) is 15.2. The lowest BCUT2D eigenvalue weighted by Gasteiger charge is -2.35. The Morgan fingerprint density at radius 2 is 1.00 bits per heavy atom. The number of aryl methyl sites for hydroxylation is 1. The van der Waals surface area contributed by atoms with Crippen LogP contribution in [0.25, 0.3) is 61.3 Å². The van der Waals surface area contributed by atoms with Crippen LogP contribution in [0.4, 0.5) is 0 Å². The zero-order valence-corrected chi connectivity index (χ0v) is 29.4. The monoisotopic (exact) mass is 674 g/mol. The van der Waals surface area contributed by atoms with Gasteiger partial charge in [0.15, 0.2) is 0 Å². The Bertz CT molecular complexity index is 2960. The summed E-state index contributed by atoms with van der Waals surface area (Å²) in [7, 11) is 0. The van der Waals surface area contributed by atoms with Gasteiger partial charge in [0.25, 0.3) is 0 Å². The fourth-order valence-electron chi connectivity index (χ4n) is 10.1. The molecule has 0 saturated carbocycles. The van der Waals surface area contributed by atoms with E-state index in [9.17, 15) is 0 Å². The first-order valence-corrected chi connectivity index (χ1v) is 19.0. The fourth-order valence-corrected chi connectivity index (χ4v) is 10.1. The van der Waals surface area contributed by atoms with E-state index in [2.05, 4.69) is 173 Å². The van der Waals surface area contributed by atoms with E-state index in [-0.39, 0.29) is 6.71 Å². The first-order chi connectivity index (χ1) is 26.3. The molecule has 9 aromatic rings. The van der Waals surface area contributed by atoms with Crippen LogP contribution in [0.2, 0.25) is 0 Å². The average Bonchev–Trinajstić information content (AvgIpc) is 3.74. The van der Waals surface area contributed by atoms with Crippen molar-refractivity contribution in [2.75, 3.05) is 0 Å². The summed E-state index contributed by atoms with van der Waals surface area (Å²) in [5, 5.41) is 3.98. The summed E-state index contributed by atoms with van der Waals surface area (Å²) in [6.07, 6.45) is 8.76. The van der Waals surface area contributed by atoms with E-state index in [0.29, 0.717) is 0 Å². The van der Waals surface area contributed by atoms with Gasteiger partial charge in [-0.1, -0.05) is 132 Å². The number of fused-ring (bicyclic) bond motifs is 10. The van der Waals surface area contributed by atoms with Gasteiger partial charge in [0, 0.05) is 33.2 Å². The molecule has 0 saturated heterocycles. The average molecular weight is 675 g/mol. The maximum absolute atomic E-state index is 2.51. The van der Waals surface area contributed by atoms with Gasteiger partial charge in [0.2, 0.25) is 6.71 Å². The SMILES string of the molecule is C1=Cc2c(c3ccccc3n2-c2ccc3c(c2)Cc2cc(-c4ccccc4)cc4c2B3c2ccc(-n3c5ccccc5c5ccccc53)cc2C4)CC1. The van der Waals surface area contributed by atoms with Gasteiger partial charge < -0.3 is 9.13 Å². The Kier molecular flexibility index (Phi) is 6.13. The molecule has 12 rings (SSSR count). The summed E-state index contributed by atoms with van der Waals surface area (Å²) in [5.41, 5.74) is 21.9. The maximum atomic E-state index is 2.51. The van der Waals surface area contributed by atoms with Crippen molar-refractivity contribution in [2.45, 2.75) is 25.7 Å². The van der Waals surface area contributed by atoms with Crippen molar-refractivity contribution in [3.05, 3.63) is 191 Å². The van der Waals surface area contributed by atoms with E-state index in [0.717, 1.165) is 25.7 Å². The van der Waals surface area contributed by atoms with Crippen molar-refractivity contribution in [1.29, 1.82) is 0 Å². The lowest BCUT2D eigenvalue weighted by atomic mass is 9.30. The lowest BCUT2D eigenvalue weighted by Crippen LogP contribution is -2.61. The zero-order valence-electron chi connectivity index (χ0n) is 29.4. The third kappa shape index (κ3) is 4.22. The van der Waals surface area contributed by atoms with Gasteiger partial charge in [-0.2, -0.15) is 0 Å². The highest BCUT2D eigenvalue weighted by Crippen LogP contribution is 2.36. The third-order valence-electron chi connectivity index (χ3n) is 12.3. The van der Waals surface area contributed by atoms with Crippen molar-refractivity contribution in [1.82, 2.24) is 9.13 Å². The van der Waals surface area contributed by atoms with Crippen LogP contribution in [0.1, 0.15) is 39.9 Å². The van der Waals surface area contributed by atoms with Crippen LogP contribution in [0.5, 0.6) is 0 Å². The molecule has 0 atom stereocenters. The Hall–Kier alpha value is -6.32. The minimum absolute atomic E-state index is 0.203. The van der Waals surface area contributed by atoms with Gasteiger partial charge >= 0.3 is 0 Å². The summed E-state index contributed by atoms with van der Waals surface area (Å²) in [6, 6.07) is 57.2. The molecule has 0 unspecified atom stereocenters. The molecule has 53 heavy (non-hydrogen) atoms. The lowest BCUT2D eigenvalue weighted by molar-refractivity contribution is 0.966. The van der Waals surface area contributed by atoms with Gasteiger partial charge in [-0.25, -0.2) is 0 Å². The van der Waals surface area contributed by atoms with E-state index in [1.165, 1.54) is 105 Å². The molecule has 2 nitrogen and oxygen atoms in total. The minimum Gasteiger partial charge on any atom is -0.310 e. The number of para-hydroxylation sites is 3. The highest BCUT2D eigenvalue weighted by Gasteiger charge is 2.38. The van der Waals surface area contributed by atoms with Crippen LogP contribution in [0, 0.1) is 0 Å². The van der Waals surface area contributed by atoms with Crippen molar-refractivity contribution in [3.8, 4) is 22.5 Å². The standard InChI is InChI=1S/C50H35BN2/c1-2-12-32(13-3-1)33-26-36-28-34-30-38(52-46-18-8-4-14-40(46)41-15-5-9-19-47(41)52)22-24-44(34)51-45-25-23-39(31-35(45)29-37(27-33)50(36)51)53-48-20-10-6-16-42(48)43-17-7-11-21-49(43)53/h1-6,8-16,18-27,30-31H,7,17,28-29H2. The molecule has 0 amide bonds. The van der Waals surface area contributed by atoms with E-state index in [1.54, 1.807) is 0 Å². The third-order valence-corrected chi connectivity index (χ3v) is 12.3. The second-order valence-corrected chi connectivity index (χ2v) is 15.2. The quantitative estimate of drug-likeness (QED) is 0.165. The van der Waals surface area contributed by atoms with E-state index >= 15 is 0 Å². The highest BCUT2D eigenvalue weighted by atomic mass is 15.0. The molecule has 0 radical (unpaired) electrons. The van der Waals surface area contributed by atoms with Crippen LogP contribution in [-0.4, -0.2) is 15.8 Å². The van der Waals surface area contributed by atoms with Crippen molar-refractivity contribution < 1.29 is 0 Å². The molecule has 4 heterocycles. The van der Waals surface area contributed by atoms with Gasteiger partial charge in [-0.05, 0) is 113 Å². The molecular weight excluding hydrogens is 639 g/mol. The number of hydrogen-bond donors (Lipinski definition) is 0. The minimum atomic E-state index is 0.203. The molecule has 1 aliphatic carbocycles. The Morgan fingerprint density at radius 1 is 0.453 bits per heavy atom. The van der Waals surface area contributed by atoms with Crippen LogP contribution in [-0.2, 0) is 19.3 Å². The number of nitrogens with zero attached hydrogens (tertiary/aromatic N) is 2. The second kappa shape index (κ2) is 11.1. The molecule has 2 aromatic heterocycles. The molecule has 3 aliphatic rings.